The first-order valence-corrected chi connectivity index (χ1v) is 7.47. The maximum atomic E-state index is 12.5. The van der Waals surface area contributed by atoms with E-state index >= 15 is 0 Å². The molecule has 1 heterocycles. The summed E-state index contributed by atoms with van der Waals surface area (Å²) in [6.07, 6.45) is 0. The molecule has 104 valence electrons. The second-order valence-electron chi connectivity index (χ2n) is 4.50. The van der Waals surface area contributed by atoms with E-state index in [9.17, 15) is 9.59 Å². The van der Waals surface area contributed by atoms with Gasteiger partial charge in [0.15, 0.2) is 0 Å². The van der Waals surface area contributed by atoms with E-state index in [2.05, 4.69) is 15.9 Å². The van der Waals surface area contributed by atoms with Crippen LogP contribution in [0.4, 0.5) is 0 Å². The van der Waals surface area contributed by atoms with Crippen LogP contribution in [-0.2, 0) is 0 Å². The average molecular weight is 363 g/mol. The third-order valence-electron chi connectivity index (χ3n) is 3.26. The van der Waals surface area contributed by atoms with Crippen molar-refractivity contribution < 1.29 is 9.59 Å². The van der Waals surface area contributed by atoms with E-state index in [0.717, 1.165) is 4.90 Å². The summed E-state index contributed by atoms with van der Waals surface area (Å²) in [4.78, 5) is 27.7. The zero-order chi connectivity index (χ0) is 15.0. The summed E-state index contributed by atoms with van der Waals surface area (Å²) in [5, 5.41) is 0.538. The molecule has 0 saturated carbocycles. The normalized spacial score (nSPS) is 14.6. The number of imide groups is 1. The SMILES string of the molecule is O=C1c2ccccc2C(=O)N1/C(=C\Br)c1cccc(Cl)c1. The fourth-order valence-electron chi connectivity index (χ4n) is 2.30. The van der Waals surface area contributed by atoms with Gasteiger partial charge in [0.2, 0.25) is 0 Å². The molecule has 0 saturated heterocycles. The van der Waals surface area contributed by atoms with Gasteiger partial charge in [0.05, 0.1) is 16.8 Å². The van der Waals surface area contributed by atoms with Crippen LogP contribution in [0.15, 0.2) is 53.5 Å². The summed E-state index contributed by atoms with van der Waals surface area (Å²) in [6, 6.07) is 13.8. The molecule has 21 heavy (non-hydrogen) atoms. The molecule has 0 aromatic heterocycles. The van der Waals surface area contributed by atoms with Gasteiger partial charge in [0.25, 0.3) is 11.8 Å². The third kappa shape index (κ3) is 2.30. The molecule has 0 atom stereocenters. The molecule has 1 aliphatic rings. The van der Waals surface area contributed by atoms with Crippen molar-refractivity contribution in [2.45, 2.75) is 0 Å². The van der Waals surface area contributed by atoms with Crippen molar-refractivity contribution in [1.82, 2.24) is 4.90 Å². The first-order chi connectivity index (χ1) is 10.1. The van der Waals surface area contributed by atoms with Crippen molar-refractivity contribution in [1.29, 1.82) is 0 Å². The van der Waals surface area contributed by atoms with Crippen molar-refractivity contribution in [2.24, 2.45) is 0 Å². The average Bonchev–Trinajstić information content (AvgIpc) is 2.74. The molecule has 2 amide bonds. The smallest absolute Gasteiger partial charge is 0.266 e. The summed E-state index contributed by atoms with van der Waals surface area (Å²) in [5.41, 5.74) is 1.98. The number of fused-ring (bicyclic) bond motifs is 1. The van der Waals surface area contributed by atoms with Gasteiger partial charge in [-0.1, -0.05) is 51.8 Å². The summed E-state index contributed by atoms with van der Waals surface area (Å²) < 4.78 is 0. The molecule has 0 aliphatic carbocycles. The summed E-state index contributed by atoms with van der Waals surface area (Å²) in [6.45, 7) is 0. The number of carbonyl (C=O) groups is 2. The molecule has 3 nitrogen and oxygen atoms in total. The number of benzene rings is 2. The van der Waals surface area contributed by atoms with E-state index in [1.165, 1.54) is 0 Å². The second-order valence-corrected chi connectivity index (χ2v) is 5.39. The van der Waals surface area contributed by atoms with Crippen molar-refractivity contribution in [3.8, 4) is 0 Å². The lowest BCUT2D eigenvalue weighted by molar-refractivity contribution is 0.0736. The zero-order valence-electron chi connectivity index (χ0n) is 10.7. The zero-order valence-corrected chi connectivity index (χ0v) is 13.1. The highest BCUT2D eigenvalue weighted by atomic mass is 79.9. The lowest BCUT2D eigenvalue weighted by atomic mass is 10.1. The maximum Gasteiger partial charge on any atom is 0.266 e. The lowest BCUT2D eigenvalue weighted by Gasteiger charge is -2.17. The highest BCUT2D eigenvalue weighted by Crippen LogP contribution is 2.32. The number of hydrogen-bond donors (Lipinski definition) is 0. The van der Waals surface area contributed by atoms with E-state index in [4.69, 9.17) is 11.6 Å². The van der Waals surface area contributed by atoms with Gasteiger partial charge < -0.3 is 0 Å². The van der Waals surface area contributed by atoms with E-state index in [0.29, 0.717) is 27.4 Å². The highest BCUT2D eigenvalue weighted by molar-refractivity contribution is 9.11. The molecule has 1 aliphatic heterocycles. The molecule has 0 radical (unpaired) electrons. The lowest BCUT2D eigenvalue weighted by Crippen LogP contribution is -2.28. The Morgan fingerprint density at radius 1 is 1.00 bits per heavy atom. The standard InChI is InChI=1S/C16H9BrClNO2/c17-9-14(10-4-3-5-11(18)8-10)19-15(20)12-6-1-2-7-13(12)16(19)21/h1-9H/b14-9-. The minimum absolute atomic E-state index is 0.332. The van der Waals surface area contributed by atoms with E-state index in [-0.39, 0.29) is 11.8 Å². The Morgan fingerprint density at radius 3 is 2.14 bits per heavy atom. The van der Waals surface area contributed by atoms with Crippen molar-refractivity contribution in [3.05, 3.63) is 75.2 Å². The Balaban J connectivity index is 2.09. The summed E-state index contributed by atoms with van der Waals surface area (Å²) >= 11 is 9.22. The van der Waals surface area contributed by atoms with Gasteiger partial charge in [0, 0.05) is 15.6 Å². The first-order valence-electron chi connectivity index (χ1n) is 6.17. The van der Waals surface area contributed by atoms with Crippen LogP contribution in [0, 0.1) is 0 Å². The highest BCUT2D eigenvalue weighted by Gasteiger charge is 2.37. The molecular weight excluding hydrogens is 354 g/mol. The fourth-order valence-corrected chi connectivity index (χ4v) is 2.96. The minimum Gasteiger partial charge on any atom is -0.268 e. The third-order valence-corrected chi connectivity index (χ3v) is 3.93. The monoisotopic (exact) mass is 361 g/mol. The van der Waals surface area contributed by atoms with Gasteiger partial charge in [-0.3, -0.25) is 9.59 Å². The number of amides is 2. The molecule has 0 N–H and O–H groups in total. The van der Waals surface area contributed by atoms with Crippen LogP contribution in [0.1, 0.15) is 26.3 Å². The predicted octanol–water partition coefficient (Wildman–Crippen LogP) is 4.33. The first kappa shape index (κ1) is 14.0. The Morgan fingerprint density at radius 2 is 1.62 bits per heavy atom. The van der Waals surface area contributed by atoms with Crippen LogP contribution in [-0.4, -0.2) is 16.7 Å². The van der Waals surface area contributed by atoms with Crippen molar-refractivity contribution in [2.75, 3.05) is 0 Å². The molecule has 0 unspecified atom stereocenters. The Labute approximate surface area is 135 Å². The van der Waals surface area contributed by atoms with Gasteiger partial charge in [-0.05, 0) is 24.3 Å². The van der Waals surface area contributed by atoms with Crippen molar-refractivity contribution >= 4 is 45.0 Å². The largest absolute Gasteiger partial charge is 0.268 e. The number of hydrogen-bond acceptors (Lipinski definition) is 2. The minimum atomic E-state index is -0.332. The molecule has 0 fully saturated rings. The Hall–Kier alpha value is -1.91. The van der Waals surface area contributed by atoms with Crippen LogP contribution in [0.5, 0.6) is 0 Å². The number of carbonyl (C=O) groups excluding carboxylic acids is 2. The molecule has 5 heteroatoms. The number of halogens is 2. The quantitative estimate of drug-likeness (QED) is 0.746. The second kappa shape index (κ2) is 5.47. The molecule has 3 rings (SSSR count). The molecule has 0 bridgehead atoms. The van der Waals surface area contributed by atoms with Gasteiger partial charge in [-0.25, -0.2) is 4.90 Å². The van der Waals surface area contributed by atoms with Crippen molar-refractivity contribution in [3.63, 3.8) is 0 Å². The molecule has 2 aromatic rings. The summed E-state index contributed by atoms with van der Waals surface area (Å²) in [7, 11) is 0. The van der Waals surface area contributed by atoms with Gasteiger partial charge >= 0.3 is 0 Å². The van der Waals surface area contributed by atoms with Gasteiger partial charge in [-0.2, -0.15) is 0 Å². The fraction of sp³-hybridized carbons (Fsp3) is 0. The number of nitrogens with zero attached hydrogens (tertiary/aromatic N) is 1. The number of rotatable bonds is 2. The Kier molecular flexibility index (Phi) is 3.66. The van der Waals surface area contributed by atoms with Gasteiger partial charge in [0.1, 0.15) is 0 Å². The van der Waals surface area contributed by atoms with Crippen LogP contribution in [0.2, 0.25) is 5.02 Å². The molecule has 0 spiro atoms. The van der Waals surface area contributed by atoms with E-state index < -0.39 is 0 Å². The van der Waals surface area contributed by atoms with E-state index in [1.54, 1.807) is 53.5 Å². The van der Waals surface area contributed by atoms with Crippen LogP contribution < -0.4 is 0 Å². The Bertz CT molecular complexity index is 750. The maximum absolute atomic E-state index is 12.5. The molecular formula is C16H9BrClNO2. The molecule has 2 aromatic carbocycles. The van der Waals surface area contributed by atoms with Crippen LogP contribution in [0.25, 0.3) is 5.70 Å². The van der Waals surface area contributed by atoms with Crippen LogP contribution in [0.3, 0.4) is 0 Å². The summed E-state index contributed by atoms with van der Waals surface area (Å²) in [5.74, 6) is -0.664. The van der Waals surface area contributed by atoms with Gasteiger partial charge in [-0.15, -0.1) is 0 Å². The van der Waals surface area contributed by atoms with E-state index in [1.807, 2.05) is 0 Å². The topological polar surface area (TPSA) is 37.4 Å². The van der Waals surface area contributed by atoms with Crippen LogP contribution >= 0.6 is 27.5 Å². The predicted molar refractivity (Wildman–Crippen MR) is 85.3 cm³/mol.